The number of aromatic hydroxyl groups is 3. The number of phenolic OH excluding ortho intramolecular Hbond substituents is 3. The van der Waals surface area contributed by atoms with E-state index in [9.17, 15) is 15.3 Å². The summed E-state index contributed by atoms with van der Waals surface area (Å²) in [4.78, 5) is 0. The first-order chi connectivity index (χ1) is 15.4. The summed E-state index contributed by atoms with van der Waals surface area (Å²) in [5, 5.41) is 40.7. The van der Waals surface area contributed by atoms with E-state index >= 15 is 0 Å². The maximum absolute atomic E-state index is 10.7. The number of nitrogens with zero attached hydrogens (tertiary/aromatic N) is 2. The number of hydrogen-bond acceptors (Lipinski definition) is 5. The van der Waals surface area contributed by atoms with Gasteiger partial charge in [0.2, 0.25) is 0 Å². The minimum Gasteiger partial charge on any atom is -0.508 e. The molecule has 4 aromatic rings. The van der Waals surface area contributed by atoms with Gasteiger partial charge in [-0.05, 0) is 77.2 Å². The molecule has 5 heteroatoms. The van der Waals surface area contributed by atoms with Crippen molar-refractivity contribution in [2.75, 3.05) is 0 Å². The SMILES string of the molecule is CC(C)c1cc(N=Nc2ccc(CCc3cc(O)ccc3O)cc2)c(O)c2ccccc12. The number of hydrogen-bond donors (Lipinski definition) is 3. The van der Waals surface area contributed by atoms with Gasteiger partial charge in [0.05, 0.1) is 5.69 Å². The quantitative estimate of drug-likeness (QED) is 0.224. The Morgan fingerprint density at radius 1 is 0.750 bits per heavy atom. The molecule has 3 N–H and O–H groups in total. The minimum absolute atomic E-state index is 0.135. The number of aryl methyl sites for hydroxylation is 2. The number of phenols is 3. The van der Waals surface area contributed by atoms with Crippen LogP contribution in [0.15, 0.2) is 83.0 Å². The van der Waals surface area contributed by atoms with Gasteiger partial charge in [-0.15, -0.1) is 5.11 Å². The van der Waals surface area contributed by atoms with Crippen molar-refractivity contribution in [2.45, 2.75) is 32.6 Å². The van der Waals surface area contributed by atoms with Crippen LogP contribution < -0.4 is 0 Å². The van der Waals surface area contributed by atoms with Crippen LogP contribution in [0.3, 0.4) is 0 Å². The lowest BCUT2D eigenvalue weighted by atomic mass is 9.95. The number of benzene rings is 4. The second-order valence-electron chi connectivity index (χ2n) is 8.21. The first-order valence-corrected chi connectivity index (χ1v) is 10.7. The first kappa shape index (κ1) is 21.4. The molecule has 0 atom stereocenters. The second-order valence-corrected chi connectivity index (χ2v) is 8.21. The molecule has 0 aliphatic carbocycles. The molecular weight excluding hydrogens is 400 g/mol. The van der Waals surface area contributed by atoms with Crippen LogP contribution in [-0.2, 0) is 12.8 Å². The smallest absolute Gasteiger partial charge is 0.150 e. The molecule has 0 saturated heterocycles. The van der Waals surface area contributed by atoms with Crippen LogP contribution in [0.5, 0.6) is 17.2 Å². The highest BCUT2D eigenvalue weighted by Gasteiger charge is 2.13. The molecule has 0 spiro atoms. The number of azo groups is 1. The number of rotatable bonds is 6. The Morgan fingerprint density at radius 3 is 2.19 bits per heavy atom. The predicted molar refractivity (Wildman–Crippen MR) is 127 cm³/mol. The predicted octanol–water partition coefficient (Wildman–Crippen LogP) is 7.28. The second kappa shape index (κ2) is 9.10. The molecule has 0 unspecified atom stereocenters. The summed E-state index contributed by atoms with van der Waals surface area (Å²) in [5.74, 6) is 0.756. The summed E-state index contributed by atoms with van der Waals surface area (Å²) in [6.07, 6.45) is 1.34. The van der Waals surface area contributed by atoms with Gasteiger partial charge in [-0.25, -0.2) is 0 Å². The molecule has 0 saturated carbocycles. The molecule has 0 aliphatic rings. The van der Waals surface area contributed by atoms with Gasteiger partial charge in [-0.2, -0.15) is 5.11 Å². The molecule has 5 nitrogen and oxygen atoms in total. The Balaban J connectivity index is 1.52. The summed E-state index contributed by atoms with van der Waals surface area (Å²) < 4.78 is 0. The van der Waals surface area contributed by atoms with E-state index in [0.29, 0.717) is 29.3 Å². The monoisotopic (exact) mass is 426 g/mol. The Labute approximate surface area is 187 Å². The van der Waals surface area contributed by atoms with Gasteiger partial charge in [0.25, 0.3) is 0 Å². The molecule has 0 bridgehead atoms. The fourth-order valence-corrected chi connectivity index (χ4v) is 3.82. The molecule has 0 radical (unpaired) electrons. The van der Waals surface area contributed by atoms with Crippen LogP contribution in [0.2, 0.25) is 0 Å². The molecule has 0 amide bonds. The Morgan fingerprint density at radius 2 is 1.47 bits per heavy atom. The largest absolute Gasteiger partial charge is 0.508 e. The average Bonchev–Trinajstić information content (AvgIpc) is 2.80. The molecule has 162 valence electrons. The van der Waals surface area contributed by atoms with E-state index in [0.717, 1.165) is 28.3 Å². The molecule has 0 aromatic heterocycles. The highest BCUT2D eigenvalue weighted by molar-refractivity contribution is 5.95. The number of fused-ring (bicyclic) bond motifs is 1. The Hall–Kier alpha value is -3.86. The first-order valence-electron chi connectivity index (χ1n) is 10.7. The van der Waals surface area contributed by atoms with Crippen LogP contribution in [0.4, 0.5) is 11.4 Å². The summed E-state index contributed by atoms with van der Waals surface area (Å²) in [5.41, 5.74) is 4.06. The minimum atomic E-state index is 0.135. The van der Waals surface area contributed by atoms with Crippen molar-refractivity contribution in [3.63, 3.8) is 0 Å². The van der Waals surface area contributed by atoms with E-state index in [1.54, 1.807) is 6.07 Å². The molecular formula is C27H26N2O3. The van der Waals surface area contributed by atoms with Crippen molar-refractivity contribution in [1.29, 1.82) is 0 Å². The molecule has 4 aromatic carbocycles. The van der Waals surface area contributed by atoms with E-state index < -0.39 is 0 Å². The van der Waals surface area contributed by atoms with E-state index in [-0.39, 0.29) is 17.2 Å². The topological polar surface area (TPSA) is 85.4 Å². The van der Waals surface area contributed by atoms with Crippen LogP contribution >= 0.6 is 0 Å². The average molecular weight is 427 g/mol. The molecule has 4 rings (SSSR count). The van der Waals surface area contributed by atoms with Crippen molar-refractivity contribution in [3.8, 4) is 17.2 Å². The maximum Gasteiger partial charge on any atom is 0.150 e. The highest BCUT2D eigenvalue weighted by Crippen LogP contribution is 2.40. The third-order valence-electron chi connectivity index (χ3n) is 5.61. The lowest BCUT2D eigenvalue weighted by Gasteiger charge is -2.13. The van der Waals surface area contributed by atoms with Gasteiger partial charge in [-0.1, -0.05) is 50.2 Å². The zero-order chi connectivity index (χ0) is 22.7. The van der Waals surface area contributed by atoms with Crippen molar-refractivity contribution in [3.05, 3.63) is 89.5 Å². The highest BCUT2D eigenvalue weighted by atomic mass is 16.3. The summed E-state index contributed by atoms with van der Waals surface area (Å²) in [6, 6.07) is 21.9. The lowest BCUT2D eigenvalue weighted by Crippen LogP contribution is -1.91. The van der Waals surface area contributed by atoms with Gasteiger partial charge in [0, 0.05) is 5.39 Å². The van der Waals surface area contributed by atoms with Crippen molar-refractivity contribution in [1.82, 2.24) is 0 Å². The zero-order valence-electron chi connectivity index (χ0n) is 18.2. The Kier molecular flexibility index (Phi) is 6.08. The fourth-order valence-electron chi connectivity index (χ4n) is 3.82. The van der Waals surface area contributed by atoms with E-state index in [1.165, 1.54) is 12.1 Å². The molecule has 0 aliphatic heterocycles. The third-order valence-corrected chi connectivity index (χ3v) is 5.61. The molecule has 0 fully saturated rings. The zero-order valence-corrected chi connectivity index (χ0v) is 18.2. The summed E-state index contributed by atoms with van der Waals surface area (Å²) >= 11 is 0. The standard InChI is InChI=1S/C27H26N2O3/c1-17(2)24-16-25(27(32)23-6-4-3-5-22(23)24)29-28-20-11-8-18(9-12-20)7-10-19-15-21(30)13-14-26(19)31/h3-6,8-9,11-17,30-32H,7,10H2,1-2H3. The van der Waals surface area contributed by atoms with Crippen LogP contribution in [0.25, 0.3) is 10.8 Å². The summed E-state index contributed by atoms with van der Waals surface area (Å²) in [7, 11) is 0. The van der Waals surface area contributed by atoms with Crippen LogP contribution in [0, 0.1) is 0 Å². The third kappa shape index (κ3) is 4.57. The van der Waals surface area contributed by atoms with Crippen molar-refractivity contribution in [2.24, 2.45) is 10.2 Å². The maximum atomic E-state index is 10.7. The van der Waals surface area contributed by atoms with Gasteiger partial charge >= 0.3 is 0 Å². The van der Waals surface area contributed by atoms with E-state index in [2.05, 4.69) is 24.1 Å². The molecule has 32 heavy (non-hydrogen) atoms. The van der Waals surface area contributed by atoms with Gasteiger partial charge in [-0.3, -0.25) is 0 Å². The Bertz CT molecular complexity index is 1280. The van der Waals surface area contributed by atoms with Gasteiger partial charge in [0.15, 0.2) is 5.75 Å². The summed E-state index contributed by atoms with van der Waals surface area (Å²) in [6.45, 7) is 4.24. The van der Waals surface area contributed by atoms with E-state index in [4.69, 9.17) is 0 Å². The molecule has 0 heterocycles. The lowest BCUT2D eigenvalue weighted by molar-refractivity contribution is 0.454. The van der Waals surface area contributed by atoms with Gasteiger partial charge < -0.3 is 15.3 Å². The van der Waals surface area contributed by atoms with Crippen LogP contribution in [0.1, 0.15) is 36.5 Å². The van der Waals surface area contributed by atoms with E-state index in [1.807, 2.05) is 54.6 Å². The van der Waals surface area contributed by atoms with Gasteiger partial charge in [0.1, 0.15) is 17.2 Å². The normalized spacial score (nSPS) is 11.6. The fraction of sp³-hybridized carbons (Fsp3) is 0.185. The van der Waals surface area contributed by atoms with Crippen molar-refractivity contribution < 1.29 is 15.3 Å². The van der Waals surface area contributed by atoms with Crippen LogP contribution in [-0.4, -0.2) is 15.3 Å². The van der Waals surface area contributed by atoms with Crippen molar-refractivity contribution >= 4 is 22.1 Å².